The molecule has 0 aromatic rings. The molecule has 2 fully saturated rings. The van der Waals surface area contributed by atoms with Gasteiger partial charge in [0.15, 0.2) is 6.29 Å². The van der Waals surface area contributed by atoms with Crippen molar-refractivity contribution < 1.29 is 23.0 Å². The summed E-state index contributed by atoms with van der Waals surface area (Å²) in [6, 6.07) is 0. The van der Waals surface area contributed by atoms with Gasteiger partial charge in [-0.3, -0.25) is 4.79 Å². The molecule has 0 spiro atoms. The van der Waals surface area contributed by atoms with Crippen LogP contribution < -0.4 is 0 Å². The molecule has 0 atom stereocenters. The van der Waals surface area contributed by atoms with Crippen molar-refractivity contribution in [2.45, 2.75) is 44.8 Å². The number of hydrogen-bond donors (Lipinski definition) is 0. The van der Waals surface area contributed by atoms with E-state index in [9.17, 15) is 13.6 Å². The van der Waals surface area contributed by atoms with Crippen LogP contribution in [0, 0.1) is 11.8 Å². The summed E-state index contributed by atoms with van der Waals surface area (Å²) in [6.45, 7) is 1.13. The average molecular weight is 300 g/mol. The van der Waals surface area contributed by atoms with Gasteiger partial charge in [-0.2, -0.15) is 8.78 Å². The molecule has 5 heteroatoms. The van der Waals surface area contributed by atoms with E-state index in [2.05, 4.69) is 12.2 Å². The van der Waals surface area contributed by atoms with Crippen molar-refractivity contribution in [1.29, 1.82) is 0 Å². The third-order valence-electron chi connectivity index (χ3n) is 3.94. The van der Waals surface area contributed by atoms with Crippen molar-refractivity contribution in [3.63, 3.8) is 0 Å². The highest BCUT2D eigenvalue weighted by atomic mass is 19.3. The van der Waals surface area contributed by atoms with Gasteiger partial charge in [-0.05, 0) is 31.3 Å². The standard InChI is InChI=1S/C16H22F2O3/c17-15(18)2-1-3-16-20-10-13(11-21-16)5-4-12-6-8-14(19)9-7-12/h2,4-5,12-13,16H,1,3,6-11H2. The van der Waals surface area contributed by atoms with Crippen LogP contribution in [0.5, 0.6) is 0 Å². The Morgan fingerprint density at radius 2 is 1.71 bits per heavy atom. The Morgan fingerprint density at radius 3 is 2.33 bits per heavy atom. The van der Waals surface area contributed by atoms with E-state index in [-0.39, 0.29) is 18.6 Å². The molecular weight excluding hydrogens is 278 g/mol. The molecule has 0 aromatic heterocycles. The summed E-state index contributed by atoms with van der Waals surface area (Å²) >= 11 is 0. The van der Waals surface area contributed by atoms with Crippen molar-refractivity contribution in [3.8, 4) is 0 Å². The molecule has 0 radical (unpaired) electrons. The molecule has 0 N–H and O–H groups in total. The van der Waals surface area contributed by atoms with Gasteiger partial charge in [-0.25, -0.2) is 0 Å². The highest BCUT2D eigenvalue weighted by Gasteiger charge is 2.21. The summed E-state index contributed by atoms with van der Waals surface area (Å²) in [4.78, 5) is 11.2. The SMILES string of the molecule is O=C1CCC(C=CC2COC(CCC=C(F)F)OC2)CC1. The third kappa shape index (κ3) is 6.06. The zero-order chi connectivity index (χ0) is 15.1. The summed E-state index contributed by atoms with van der Waals surface area (Å²) in [5.74, 6) is 1.07. The summed E-state index contributed by atoms with van der Waals surface area (Å²) in [5.41, 5.74) is 0. The minimum absolute atomic E-state index is 0.215. The third-order valence-corrected chi connectivity index (χ3v) is 3.94. The van der Waals surface area contributed by atoms with E-state index in [0.717, 1.165) is 18.9 Å². The van der Waals surface area contributed by atoms with Gasteiger partial charge < -0.3 is 9.47 Å². The highest BCUT2D eigenvalue weighted by molar-refractivity contribution is 5.79. The van der Waals surface area contributed by atoms with Gasteiger partial charge in [0.05, 0.1) is 13.2 Å². The zero-order valence-corrected chi connectivity index (χ0v) is 12.1. The van der Waals surface area contributed by atoms with Crippen LogP contribution in [0.4, 0.5) is 8.78 Å². The number of ether oxygens (including phenoxy) is 2. The number of rotatable bonds is 5. The zero-order valence-electron chi connectivity index (χ0n) is 12.1. The topological polar surface area (TPSA) is 35.5 Å². The molecule has 2 aliphatic rings. The molecular formula is C16H22F2O3. The highest BCUT2D eigenvalue weighted by Crippen LogP contribution is 2.24. The molecule has 1 aliphatic heterocycles. The molecule has 1 saturated carbocycles. The molecule has 2 rings (SSSR count). The fraction of sp³-hybridized carbons (Fsp3) is 0.688. The number of carbonyl (C=O) groups is 1. The van der Waals surface area contributed by atoms with Gasteiger partial charge in [0.1, 0.15) is 5.78 Å². The van der Waals surface area contributed by atoms with Crippen LogP contribution >= 0.6 is 0 Å². The Hall–Kier alpha value is -1.07. The van der Waals surface area contributed by atoms with Crippen molar-refractivity contribution in [2.75, 3.05) is 13.2 Å². The van der Waals surface area contributed by atoms with E-state index in [0.29, 0.717) is 44.2 Å². The maximum Gasteiger partial charge on any atom is 0.266 e. The molecule has 1 aliphatic carbocycles. The smallest absolute Gasteiger partial charge is 0.266 e. The van der Waals surface area contributed by atoms with E-state index < -0.39 is 6.08 Å². The lowest BCUT2D eigenvalue weighted by molar-refractivity contribution is -0.194. The minimum Gasteiger partial charge on any atom is -0.352 e. The lowest BCUT2D eigenvalue weighted by Crippen LogP contribution is -2.31. The van der Waals surface area contributed by atoms with Crippen molar-refractivity contribution in [1.82, 2.24) is 0 Å². The molecule has 3 nitrogen and oxygen atoms in total. The van der Waals surface area contributed by atoms with Gasteiger partial charge in [0.2, 0.25) is 0 Å². The second-order valence-corrected chi connectivity index (χ2v) is 5.69. The Kier molecular flexibility index (Phi) is 6.51. The van der Waals surface area contributed by atoms with Crippen LogP contribution in [0.1, 0.15) is 38.5 Å². The fourth-order valence-electron chi connectivity index (χ4n) is 2.63. The molecule has 21 heavy (non-hydrogen) atoms. The molecule has 118 valence electrons. The van der Waals surface area contributed by atoms with Crippen molar-refractivity contribution in [3.05, 3.63) is 24.3 Å². The van der Waals surface area contributed by atoms with Crippen LogP contribution in [-0.2, 0) is 14.3 Å². The molecule has 1 heterocycles. The number of hydrogen-bond acceptors (Lipinski definition) is 3. The lowest BCUT2D eigenvalue weighted by Gasteiger charge is -2.28. The largest absolute Gasteiger partial charge is 0.352 e. The summed E-state index contributed by atoms with van der Waals surface area (Å²) in [7, 11) is 0. The number of allylic oxidation sites excluding steroid dienone is 2. The monoisotopic (exact) mass is 300 g/mol. The van der Waals surface area contributed by atoms with Crippen LogP contribution in [0.2, 0.25) is 0 Å². The second kappa shape index (κ2) is 8.39. The molecule has 0 amide bonds. The first-order valence-corrected chi connectivity index (χ1v) is 7.58. The quantitative estimate of drug-likeness (QED) is 0.723. The van der Waals surface area contributed by atoms with E-state index in [1.807, 2.05) is 0 Å². The predicted molar refractivity (Wildman–Crippen MR) is 74.8 cm³/mol. The first-order valence-electron chi connectivity index (χ1n) is 7.58. The van der Waals surface area contributed by atoms with Crippen LogP contribution in [0.15, 0.2) is 24.3 Å². The molecule has 0 aromatic carbocycles. The van der Waals surface area contributed by atoms with Gasteiger partial charge in [-0.1, -0.05) is 12.2 Å². The minimum atomic E-state index is -1.66. The second-order valence-electron chi connectivity index (χ2n) is 5.69. The fourth-order valence-corrected chi connectivity index (χ4v) is 2.63. The van der Waals surface area contributed by atoms with E-state index in [4.69, 9.17) is 9.47 Å². The molecule has 1 saturated heterocycles. The van der Waals surface area contributed by atoms with E-state index in [1.54, 1.807) is 0 Å². The maximum atomic E-state index is 11.9. The number of halogens is 2. The first kappa shape index (κ1) is 16.3. The average Bonchev–Trinajstić information content (AvgIpc) is 2.48. The van der Waals surface area contributed by atoms with Crippen LogP contribution in [0.25, 0.3) is 0 Å². The molecule has 0 bridgehead atoms. The number of ketones is 1. The summed E-state index contributed by atoms with van der Waals surface area (Å²) in [6.07, 6.45) is 7.12. The van der Waals surface area contributed by atoms with E-state index in [1.165, 1.54) is 0 Å². The predicted octanol–water partition coefficient (Wildman–Crippen LogP) is 3.85. The van der Waals surface area contributed by atoms with Gasteiger partial charge in [0, 0.05) is 25.2 Å². The Balaban J connectivity index is 1.64. The van der Waals surface area contributed by atoms with Crippen LogP contribution in [0.3, 0.4) is 0 Å². The van der Waals surface area contributed by atoms with Gasteiger partial charge in [-0.15, -0.1) is 0 Å². The van der Waals surface area contributed by atoms with Crippen molar-refractivity contribution in [2.24, 2.45) is 11.8 Å². The Labute approximate surface area is 124 Å². The summed E-state index contributed by atoms with van der Waals surface area (Å²) < 4.78 is 34.9. The number of Topliss-reactive ketones (excluding diaryl/α,β-unsaturated/α-hetero) is 1. The molecule has 0 unspecified atom stereocenters. The van der Waals surface area contributed by atoms with Crippen LogP contribution in [-0.4, -0.2) is 25.3 Å². The summed E-state index contributed by atoms with van der Waals surface area (Å²) in [5, 5.41) is 0. The number of carbonyl (C=O) groups excluding carboxylic acids is 1. The van der Waals surface area contributed by atoms with Gasteiger partial charge >= 0.3 is 0 Å². The maximum absolute atomic E-state index is 11.9. The Bertz CT molecular complexity index is 384. The van der Waals surface area contributed by atoms with E-state index >= 15 is 0 Å². The first-order chi connectivity index (χ1) is 10.1. The Morgan fingerprint density at radius 1 is 1.10 bits per heavy atom. The normalized spacial score (nSPS) is 28.0. The van der Waals surface area contributed by atoms with Gasteiger partial charge in [0.25, 0.3) is 6.08 Å². The lowest BCUT2D eigenvalue weighted by atomic mass is 9.87. The van der Waals surface area contributed by atoms with Crippen molar-refractivity contribution >= 4 is 5.78 Å².